The van der Waals surface area contributed by atoms with Gasteiger partial charge >= 0.3 is 0 Å². The van der Waals surface area contributed by atoms with Crippen molar-refractivity contribution in [2.75, 3.05) is 37.6 Å². The van der Waals surface area contributed by atoms with Crippen LogP contribution in [0.3, 0.4) is 0 Å². The third-order valence-corrected chi connectivity index (χ3v) is 4.82. The fourth-order valence-corrected chi connectivity index (χ4v) is 3.48. The van der Waals surface area contributed by atoms with Gasteiger partial charge < -0.3 is 10.2 Å². The molecule has 146 valence electrons. The van der Waals surface area contributed by atoms with Crippen LogP contribution in [-0.4, -0.2) is 69.2 Å². The van der Waals surface area contributed by atoms with Gasteiger partial charge in [0.05, 0.1) is 12.2 Å². The Balaban J connectivity index is 1.52. The van der Waals surface area contributed by atoms with Gasteiger partial charge in [-0.25, -0.2) is 4.98 Å². The van der Waals surface area contributed by atoms with Crippen molar-refractivity contribution in [2.45, 2.75) is 19.9 Å². The Morgan fingerprint density at radius 2 is 1.89 bits per heavy atom. The van der Waals surface area contributed by atoms with E-state index in [0.717, 1.165) is 43.3 Å². The van der Waals surface area contributed by atoms with Crippen molar-refractivity contribution in [1.82, 2.24) is 29.8 Å². The Morgan fingerprint density at radius 3 is 2.61 bits per heavy atom. The van der Waals surface area contributed by atoms with Gasteiger partial charge in [0.2, 0.25) is 5.91 Å². The third-order valence-electron chi connectivity index (χ3n) is 4.82. The molecule has 1 saturated heterocycles. The molecule has 0 radical (unpaired) electrons. The Bertz CT molecular complexity index is 946. The molecule has 0 bridgehead atoms. The lowest BCUT2D eigenvalue weighted by Gasteiger charge is -2.35. The van der Waals surface area contributed by atoms with Crippen LogP contribution in [0.1, 0.15) is 13.8 Å². The molecule has 8 heteroatoms. The topological polar surface area (TPSA) is 78.7 Å². The Morgan fingerprint density at radius 1 is 1.14 bits per heavy atom. The highest BCUT2D eigenvalue weighted by molar-refractivity contribution is 5.78. The van der Waals surface area contributed by atoms with Crippen molar-refractivity contribution in [3.63, 3.8) is 0 Å². The average molecular weight is 379 g/mol. The number of carbonyl (C=O) groups excluding carboxylic acids is 1. The maximum Gasteiger partial charge on any atom is 0.254 e. The molecule has 28 heavy (non-hydrogen) atoms. The van der Waals surface area contributed by atoms with Crippen molar-refractivity contribution >= 4 is 17.5 Å². The van der Waals surface area contributed by atoms with Crippen LogP contribution in [0.5, 0.6) is 0 Å². The van der Waals surface area contributed by atoms with Crippen LogP contribution in [0.4, 0.5) is 5.82 Å². The van der Waals surface area contributed by atoms with Crippen molar-refractivity contribution in [3.8, 4) is 11.3 Å². The molecule has 8 nitrogen and oxygen atoms in total. The second kappa shape index (κ2) is 7.93. The number of hydrogen-bond acceptors (Lipinski definition) is 6. The quantitative estimate of drug-likeness (QED) is 0.723. The van der Waals surface area contributed by atoms with Crippen LogP contribution in [0.25, 0.3) is 17.0 Å². The summed E-state index contributed by atoms with van der Waals surface area (Å²) in [6.45, 7) is 7.69. The summed E-state index contributed by atoms with van der Waals surface area (Å²) < 4.78 is 1.79. The number of benzene rings is 1. The van der Waals surface area contributed by atoms with Crippen LogP contribution in [-0.2, 0) is 4.79 Å². The smallest absolute Gasteiger partial charge is 0.254 e. The SMILES string of the molecule is CC(C)NC(=O)CN1CCN(c2cc(-c3ccccc3)nc3ncnn23)CC1. The van der Waals surface area contributed by atoms with E-state index in [-0.39, 0.29) is 11.9 Å². The molecule has 3 aromatic rings. The normalized spacial score (nSPS) is 15.3. The largest absolute Gasteiger partial charge is 0.354 e. The predicted octanol–water partition coefficient (Wildman–Crippen LogP) is 1.44. The van der Waals surface area contributed by atoms with Crippen molar-refractivity contribution in [1.29, 1.82) is 0 Å². The summed E-state index contributed by atoms with van der Waals surface area (Å²) in [7, 11) is 0. The number of carbonyl (C=O) groups is 1. The molecule has 0 saturated carbocycles. The number of anilines is 1. The van der Waals surface area contributed by atoms with Gasteiger partial charge in [-0.1, -0.05) is 30.3 Å². The fraction of sp³-hybridized carbons (Fsp3) is 0.400. The molecule has 2 aromatic heterocycles. The highest BCUT2D eigenvalue weighted by Gasteiger charge is 2.22. The summed E-state index contributed by atoms with van der Waals surface area (Å²) in [5, 5.41) is 7.31. The molecule has 1 N–H and O–H groups in total. The molecule has 1 aromatic carbocycles. The number of hydrogen-bond donors (Lipinski definition) is 1. The first-order valence-corrected chi connectivity index (χ1v) is 9.63. The number of piperazine rings is 1. The Kier molecular flexibility index (Phi) is 5.21. The van der Waals surface area contributed by atoms with Crippen LogP contribution in [0.15, 0.2) is 42.7 Å². The van der Waals surface area contributed by atoms with E-state index in [4.69, 9.17) is 0 Å². The zero-order valence-electron chi connectivity index (χ0n) is 16.2. The summed E-state index contributed by atoms with van der Waals surface area (Å²) in [6.07, 6.45) is 1.53. The maximum absolute atomic E-state index is 12.0. The van der Waals surface area contributed by atoms with Gasteiger partial charge in [-0.05, 0) is 13.8 Å². The Labute approximate surface area is 164 Å². The van der Waals surface area contributed by atoms with E-state index in [1.807, 2.05) is 44.2 Å². The van der Waals surface area contributed by atoms with Gasteiger partial charge in [0.25, 0.3) is 5.78 Å². The second-order valence-electron chi connectivity index (χ2n) is 7.32. The standard InChI is InChI=1S/C20H25N7O/c1-15(2)23-18(28)13-25-8-10-26(11-9-25)19-12-17(16-6-4-3-5-7-16)24-20-21-14-22-27(19)20/h3-7,12,14-15H,8-11,13H2,1-2H3,(H,23,28). The van der Waals surface area contributed by atoms with Gasteiger partial charge in [-0.15, -0.1) is 0 Å². The molecule has 1 fully saturated rings. The lowest BCUT2D eigenvalue weighted by Crippen LogP contribution is -2.50. The zero-order chi connectivity index (χ0) is 19.5. The van der Waals surface area contributed by atoms with E-state index in [1.165, 1.54) is 6.33 Å². The molecule has 4 rings (SSSR count). The lowest BCUT2D eigenvalue weighted by molar-refractivity contribution is -0.122. The maximum atomic E-state index is 12.0. The molecule has 1 aliphatic heterocycles. The molecule has 3 heterocycles. The van der Waals surface area contributed by atoms with Crippen LogP contribution in [0, 0.1) is 0 Å². The summed E-state index contributed by atoms with van der Waals surface area (Å²) in [4.78, 5) is 25.4. The van der Waals surface area contributed by atoms with Gasteiger partial charge in [-0.3, -0.25) is 9.69 Å². The van der Waals surface area contributed by atoms with Crippen LogP contribution in [0.2, 0.25) is 0 Å². The first-order chi connectivity index (χ1) is 13.6. The molecule has 1 aliphatic rings. The summed E-state index contributed by atoms with van der Waals surface area (Å²) >= 11 is 0. The molecule has 0 spiro atoms. The van der Waals surface area contributed by atoms with Crippen molar-refractivity contribution < 1.29 is 4.79 Å². The summed E-state index contributed by atoms with van der Waals surface area (Å²) in [5.74, 6) is 1.65. The highest BCUT2D eigenvalue weighted by Crippen LogP contribution is 2.24. The first-order valence-electron chi connectivity index (χ1n) is 9.63. The molecule has 0 aliphatic carbocycles. The van der Waals surface area contributed by atoms with E-state index < -0.39 is 0 Å². The van der Waals surface area contributed by atoms with Crippen molar-refractivity contribution in [2.24, 2.45) is 0 Å². The van der Waals surface area contributed by atoms with Gasteiger partial charge in [0, 0.05) is 43.9 Å². The lowest BCUT2D eigenvalue weighted by atomic mass is 10.1. The van der Waals surface area contributed by atoms with Gasteiger partial charge in [0.15, 0.2) is 0 Å². The molecule has 0 atom stereocenters. The second-order valence-corrected chi connectivity index (χ2v) is 7.32. The number of aromatic nitrogens is 4. The minimum absolute atomic E-state index is 0.0809. The van der Waals surface area contributed by atoms with E-state index >= 15 is 0 Å². The molecular formula is C20H25N7O. The van der Waals surface area contributed by atoms with Crippen LogP contribution < -0.4 is 10.2 Å². The number of nitrogens with one attached hydrogen (secondary N) is 1. The average Bonchev–Trinajstić information content (AvgIpc) is 3.16. The van der Waals surface area contributed by atoms with Gasteiger partial charge in [0.1, 0.15) is 12.1 Å². The number of amides is 1. The van der Waals surface area contributed by atoms with E-state index in [9.17, 15) is 4.79 Å². The summed E-state index contributed by atoms with van der Waals surface area (Å²) in [6, 6.07) is 12.3. The Hall–Kier alpha value is -3.00. The number of fused-ring (bicyclic) bond motifs is 1. The van der Waals surface area contributed by atoms with Gasteiger partial charge in [-0.2, -0.15) is 14.6 Å². The minimum Gasteiger partial charge on any atom is -0.354 e. The van der Waals surface area contributed by atoms with Crippen LogP contribution >= 0.6 is 0 Å². The minimum atomic E-state index is 0.0809. The van der Waals surface area contributed by atoms with Crippen molar-refractivity contribution in [3.05, 3.63) is 42.7 Å². The fourth-order valence-electron chi connectivity index (χ4n) is 3.48. The first kappa shape index (κ1) is 18.4. The van der Waals surface area contributed by atoms with E-state index in [1.54, 1.807) is 4.52 Å². The summed E-state index contributed by atoms with van der Waals surface area (Å²) in [5.41, 5.74) is 1.94. The highest BCUT2D eigenvalue weighted by atomic mass is 16.2. The van der Waals surface area contributed by atoms with E-state index in [0.29, 0.717) is 12.3 Å². The molecule has 1 amide bonds. The predicted molar refractivity (Wildman–Crippen MR) is 108 cm³/mol. The zero-order valence-corrected chi connectivity index (χ0v) is 16.2. The third kappa shape index (κ3) is 3.96. The monoisotopic (exact) mass is 379 g/mol. The molecule has 0 unspecified atom stereocenters. The number of rotatable bonds is 5. The van der Waals surface area contributed by atoms with E-state index in [2.05, 4.69) is 36.2 Å². The molecular weight excluding hydrogens is 354 g/mol. The number of nitrogens with zero attached hydrogens (tertiary/aromatic N) is 6.